The lowest BCUT2D eigenvalue weighted by molar-refractivity contribution is 0.396. The van der Waals surface area contributed by atoms with E-state index in [4.69, 9.17) is 9.47 Å². The van der Waals surface area contributed by atoms with Crippen LogP contribution in [0.1, 0.15) is 12.8 Å². The predicted octanol–water partition coefficient (Wildman–Crippen LogP) is 5.24. The molecule has 4 aromatic rings. The van der Waals surface area contributed by atoms with Gasteiger partial charge in [0.05, 0.1) is 5.76 Å². The normalized spacial score (nSPS) is 16.2. The number of hydrogen-bond donors (Lipinski definition) is 0. The molecule has 7 rings (SSSR count). The lowest BCUT2D eigenvalue weighted by Gasteiger charge is -2.35. The van der Waals surface area contributed by atoms with Gasteiger partial charge in [0.1, 0.15) is 17.2 Å². The number of rotatable bonds is 0. The molecule has 3 heteroatoms. The minimum atomic E-state index is 0.139. The van der Waals surface area contributed by atoms with Crippen molar-refractivity contribution in [2.75, 3.05) is 0 Å². The zero-order valence-corrected chi connectivity index (χ0v) is 15.8. The van der Waals surface area contributed by atoms with E-state index in [2.05, 4.69) is 72.8 Å². The SMILES string of the molecule is C1=CC2=C(CC1)Oc1cccc3c1B2c1c(c2ccccc2c2ccccc12)O3. The number of allylic oxidation sites excluding steroid dienone is 4. The van der Waals surface area contributed by atoms with Gasteiger partial charge in [-0.05, 0) is 45.6 Å². The minimum absolute atomic E-state index is 0.139. The van der Waals surface area contributed by atoms with E-state index < -0.39 is 0 Å². The summed E-state index contributed by atoms with van der Waals surface area (Å²) in [6.07, 6.45) is 6.52. The Morgan fingerprint density at radius 2 is 1.34 bits per heavy atom. The van der Waals surface area contributed by atoms with Gasteiger partial charge in [0, 0.05) is 17.3 Å². The van der Waals surface area contributed by atoms with Crippen LogP contribution in [-0.4, -0.2) is 6.71 Å². The molecule has 0 unspecified atom stereocenters. The molecule has 29 heavy (non-hydrogen) atoms. The highest BCUT2D eigenvalue weighted by atomic mass is 16.5. The molecule has 0 atom stereocenters. The molecule has 0 amide bonds. The van der Waals surface area contributed by atoms with E-state index in [1.165, 1.54) is 32.5 Å². The maximum absolute atomic E-state index is 6.60. The number of benzene rings is 4. The second kappa shape index (κ2) is 5.54. The summed E-state index contributed by atoms with van der Waals surface area (Å²) in [5.41, 5.74) is 3.70. The van der Waals surface area contributed by atoms with Crippen molar-refractivity contribution in [2.24, 2.45) is 0 Å². The van der Waals surface area contributed by atoms with Crippen molar-refractivity contribution < 1.29 is 9.47 Å². The summed E-state index contributed by atoms with van der Waals surface area (Å²) in [5.74, 6) is 3.93. The Morgan fingerprint density at radius 1 is 0.655 bits per heavy atom. The first-order valence-corrected chi connectivity index (χ1v) is 10.2. The Balaban J connectivity index is 1.68. The van der Waals surface area contributed by atoms with Crippen LogP contribution in [-0.2, 0) is 0 Å². The maximum Gasteiger partial charge on any atom is 0.261 e. The molecule has 0 N–H and O–H groups in total. The molecule has 3 aliphatic rings. The zero-order valence-electron chi connectivity index (χ0n) is 15.8. The molecule has 0 saturated heterocycles. The summed E-state index contributed by atoms with van der Waals surface area (Å²) in [4.78, 5) is 0. The van der Waals surface area contributed by atoms with Crippen LogP contribution in [0.4, 0.5) is 0 Å². The van der Waals surface area contributed by atoms with Gasteiger partial charge in [0.15, 0.2) is 0 Å². The largest absolute Gasteiger partial charge is 0.463 e. The average molecular weight is 372 g/mol. The van der Waals surface area contributed by atoms with Crippen molar-refractivity contribution in [1.82, 2.24) is 0 Å². The summed E-state index contributed by atoms with van der Waals surface area (Å²) >= 11 is 0. The lowest BCUT2D eigenvalue weighted by Crippen LogP contribution is -2.51. The summed E-state index contributed by atoms with van der Waals surface area (Å²) < 4.78 is 12.9. The molecule has 1 aliphatic carbocycles. The molecule has 0 aromatic heterocycles. The Bertz CT molecular complexity index is 1410. The van der Waals surface area contributed by atoms with Crippen LogP contribution < -0.4 is 20.4 Å². The van der Waals surface area contributed by atoms with Crippen LogP contribution in [0.2, 0.25) is 0 Å². The fourth-order valence-corrected chi connectivity index (χ4v) is 5.25. The molecule has 2 aliphatic heterocycles. The third-order valence-corrected chi connectivity index (χ3v) is 6.44. The second-order valence-corrected chi connectivity index (χ2v) is 7.96. The number of fused-ring (bicyclic) bond motifs is 8. The average Bonchev–Trinajstić information content (AvgIpc) is 2.79. The van der Waals surface area contributed by atoms with E-state index in [1.807, 2.05) is 6.07 Å². The van der Waals surface area contributed by atoms with Crippen LogP contribution in [0.3, 0.4) is 0 Å². The van der Waals surface area contributed by atoms with Crippen molar-refractivity contribution in [2.45, 2.75) is 12.8 Å². The summed E-state index contributed by atoms with van der Waals surface area (Å²) in [6, 6.07) is 23.5. The van der Waals surface area contributed by atoms with Gasteiger partial charge in [-0.1, -0.05) is 66.7 Å². The first kappa shape index (κ1) is 15.5. The van der Waals surface area contributed by atoms with Crippen LogP contribution in [0.5, 0.6) is 17.2 Å². The fourth-order valence-electron chi connectivity index (χ4n) is 5.25. The van der Waals surface area contributed by atoms with E-state index in [0.29, 0.717) is 0 Å². The lowest BCUT2D eigenvalue weighted by atomic mass is 9.33. The van der Waals surface area contributed by atoms with Crippen LogP contribution >= 0.6 is 0 Å². The summed E-state index contributed by atoms with van der Waals surface area (Å²) in [6.45, 7) is 0.139. The third kappa shape index (κ3) is 1.97. The molecular formula is C26H17BO2. The van der Waals surface area contributed by atoms with Gasteiger partial charge in [-0.2, -0.15) is 0 Å². The molecule has 136 valence electrons. The summed E-state index contributed by atoms with van der Waals surface area (Å²) in [5, 5.41) is 4.95. The Morgan fingerprint density at radius 3 is 2.17 bits per heavy atom. The first-order chi connectivity index (χ1) is 14.4. The van der Waals surface area contributed by atoms with Gasteiger partial charge in [-0.15, -0.1) is 0 Å². The fraction of sp³-hybridized carbons (Fsp3) is 0.0769. The molecule has 0 saturated carbocycles. The smallest absolute Gasteiger partial charge is 0.261 e. The topological polar surface area (TPSA) is 18.5 Å². The van der Waals surface area contributed by atoms with Gasteiger partial charge < -0.3 is 9.47 Å². The Labute approximate surface area is 169 Å². The molecule has 0 radical (unpaired) electrons. The highest BCUT2D eigenvalue weighted by Gasteiger charge is 2.42. The Kier molecular flexibility index (Phi) is 2.96. The van der Waals surface area contributed by atoms with Crippen molar-refractivity contribution in [3.05, 3.63) is 90.1 Å². The van der Waals surface area contributed by atoms with Crippen molar-refractivity contribution in [1.29, 1.82) is 0 Å². The van der Waals surface area contributed by atoms with Crippen molar-refractivity contribution in [3.63, 3.8) is 0 Å². The van der Waals surface area contributed by atoms with Gasteiger partial charge in [0.2, 0.25) is 0 Å². The molecule has 0 fully saturated rings. The van der Waals surface area contributed by atoms with E-state index in [1.54, 1.807) is 0 Å². The first-order valence-electron chi connectivity index (χ1n) is 10.2. The molecule has 4 aromatic carbocycles. The van der Waals surface area contributed by atoms with Gasteiger partial charge in [-0.3, -0.25) is 0 Å². The molecule has 0 bridgehead atoms. The number of ether oxygens (including phenoxy) is 2. The van der Waals surface area contributed by atoms with Gasteiger partial charge in [-0.25, -0.2) is 0 Å². The second-order valence-electron chi connectivity index (χ2n) is 7.96. The monoisotopic (exact) mass is 372 g/mol. The maximum atomic E-state index is 6.60. The van der Waals surface area contributed by atoms with E-state index in [0.717, 1.165) is 41.3 Å². The highest BCUT2D eigenvalue weighted by Crippen LogP contribution is 2.42. The van der Waals surface area contributed by atoms with Gasteiger partial charge >= 0.3 is 0 Å². The quantitative estimate of drug-likeness (QED) is 0.310. The van der Waals surface area contributed by atoms with E-state index in [9.17, 15) is 0 Å². The van der Waals surface area contributed by atoms with Gasteiger partial charge in [0.25, 0.3) is 6.71 Å². The van der Waals surface area contributed by atoms with E-state index >= 15 is 0 Å². The molecular weight excluding hydrogens is 355 g/mol. The van der Waals surface area contributed by atoms with Crippen LogP contribution in [0.15, 0.2) is 90.1 Å². The third-order valence-electron chi connectivity index (χ3n) is 6.44. The summed E-state index contributed by atoms with van der Waals surface area (Å²) in [7, 11) is 0. The van der Waals surface area contributed by atoms with Crippen LogP contribution in [0, 0.1) is 0 Å². The highest BCUT2D eigenvalue weighted by molar-refractivity contribution is 6.95. The molecule has 2 heterocycles. The van der Waals surface area contributed by atoms with Crippen LogP contribution in [0.25, 0.3) is 21.5 Å². The van der Waals surface area contributed by atoms with Crippen molar-refractivity contribution in [3.8, 4) is 17.2 Å². The zero-order chi connectivity index (χ0) is 18.9. The Hall–Kier alpha value is -3.46. The molecule has 2 nitrogen and oxygen atoms in total. The standard InChI is InChI=1S/C26H17BO2/c1-3-10-18-16(8-1)17-9-2-4-11-19(17)26-24(18)27-20-12-5-6-13-21(20)28-22-14-7-15-23(29-26)25(22)27/h1-5,7-12,14-15H,6,13H2. The van der Waals surface area contributed by atoms with E-state index in [-0.39, 0.29) is 6.71 Å². The predicted molar refractivity (Wildman–Crippen MR) is 119 cm³/mol. The molecule has 0 spiro atoms. The number of hydrogen-bond acceptors (Lipinski definition) is 2. The minimum Gasteiger partial charge on any atom is -0.463 e. The van der Waals surface area contributed by atoms with Crippen molar-refractivity contribution >= 4 is 39.2 Å².